The lowest BCUT2D eigenvalue weighted by Crippen LogP contribution is -2.41. The van der Waals surface area contributed by atoms with Gasteiger partial charge in [0.2, 0.25) is 0 Å². The lowest BCUT2D eigenvalue weighted by Gasteiger charge is -2.34. The number of methoxy groups -OCH3 is 1. The highest BCUT2D eigenvalue weighted by Crippen LogP contribution is 2.26. The van der Waals surface area contributed by atoms with Crippen LogP contribution in [-0.2, 0) is 4.74 Å². The van der Waals surface area contributed by atoms with Gasteiger partial charge in [0.1, 0.15) is 5.75 Å². The third-order valence-corrected chi connectivity index (χ3v) is 3.46. The molecule has 0 saturated heterocycles. The van der Waals surface area contributed by atoms with Gasteiger partial charge < -0.3 is 15.2 Å². The van der Waals surface area contributed by atoms with Crippen molar-refractivity contribution in [1.82, 2.24) is 4.90 Å². The van der Waals surface area contributed by atoms with E-state index in [-0.39, 0.29) is 12.1 Å². The summed E-state index contributed by atoms with van der Waals surface area (Å²) in [6, 6.07) is 8.37. The maximum atomic E-state index is 6.22. The highest BCUT2D eigenvalue weighted by molar-refractivity contribution is 5.31. The Labute approximate surface area is 122 Å². The van der Waals surface area contributed by atoms with Crippen molar-refractivity contribution in [3.05, 3.63) is 29.8 Å². The van der Waals surface area contributed by atoms with E-state index in [0.29, 0.717) is 0 Å². The number of rotatable bonds is 9. The third-order valence-electron chi connectivity index (χ3n) is 3.46. The highest BCUT2D eigenvalue weighted by Gasteiger charge is 2.23. The van der Waals surface area contributed by atoms with Crippen LogP contribution in [-0.4, -0.2) is 44.4 Å². The van der Waals surface area contributed by atoms with E-state index in [1.807, 2.05) is 26.0 Å². The third kappa shape index (κ3) is 4.78. The van der Waals surface area contributed by atoms with Gasteiger partial charge in [0.05, 0.1) is 13.7 Å². The van der Waals surface area contributed by atoms with Crippen molar-refractivity contribution >= 4 is 0 Å². The molecule has 2 N–H and O–H groups in total. The van der Waals surface area contributed by atoms with Gasteiger partial charge >= 0.3 is 0 Å². The zero-order chi connectivity index (χ0) is 15.0. The van der Waals surface area contributed by atoms with Crippen molar-refractivity contribution in [3.63, 3.8) is 0 Å². The largest absolute Gasteiger partial charge is 0.497 e. The van der Waals surface area contributed by atoms with E-state index in [9.17, 15) is 0 Å². The van der Waals surface area contributed by atoms with Crippen LogP contribution in [0.15, 0.2) is 24.3 Å². The zero-order valence-electron chi connectivity index (χ0n) is 13.1. The number of nitrogens with zero attached hydrogens (tertiary/aromatic N) is 1. The Morgan fingerprint density at radius 2 is 2.05 bits per heavy atom. The SMILES string of the molecule is CCOCCN(CC)C(c1cccc(OC)c1)C(C)N. The topological polar surface area (TPSA) is 47.7 Å². The summed E-state index contributed by atoms with van der Waals surface area (Å²) in [5.41, 5.74) is 7.41. The van der Waals surface area contributed by atoms with Crippen LogP contribution in [0.2, 0.25) is 0 Å². The minimum absolute atomic E-state index is 0.0451. The molecule has 0 spiro atoms. The smallest absolute Gasteiger partial charge is 0.119 e. The Balaban J connectivity index is 2.89. The van der Waals surface area contributed by atoms with Crippen molar-refractivity contribution in [2.45, 2.75) is 32.9 Å². The number of ether oxygens (including phenoxy) is 2. The second-order valence-corrected chi connectivity index (χ2v) is 4.91. The van der Waals surface area contributed by atoms with Crippen LogP contribution >= 0.6 is 0 Å². The molecule has 1 aromatic rings. The van der Waals surface area contributed by atoms with Crippen LogP contribution < -0.4 is 10.5 Å². The van der Waals surface area contributed by atoms with Crippen molar-refractivity contribution in [2.24, 2.45) is 5.73 Å². The molecule has 0 aliphatic carbocycles. The van der Waals surface area contributed by atoms with Crippen molar-refractivity contribution < 1.29 is 9.47 Å². The Hall–Kier alpha value is -1.10. The summed E-state index contributed by atoms with van der Waals surface area (Å²) in [4.78, 5) is 2.36. The second kappa shape index (κ2) is 8.95. The fourth-order valence-electron chi connectivity index (χ4n) is 2.49. The molecule has 1 aromatic carbocycles. The number of benzene rings is 1. The molecule has 2 atom stereocenters. The maximum absolute atomic E-state index is 6.22. The summed E-state index contributed by atoms with van der Waals surface area (Å²) < 4.78 is 10.8. The van der Waals surface area contributed by atoms with E-state index in [4.69, 9.17) is 15.2 Å². The predicted molar refractivity (Wildman–Crippen MR) is 83.1 cm³/mol. The minimum atomic E-state index is 0.0451. The lowest BCUT2D eigenvalue weighted by atomic mass is 9.99. The quantitative estimate of drug-likeness (QED) is 0.706. The number of nitrogens with two attached hydrogens (primary N) is 1. The molecule has 1 rings (SSSR count). The molecule has 0 saturated carbocycles. The van der Waals surface area contributed by atoms with E-state index in [2.05, 4.69) is 24.0 Å². The summed E-state index contributed by atoms with van der Waals surface area (Å²) in [6.45, 7) is 9.53. The van der Waals surface area contributed by atoms with Gasteiger partial charge in [-0.3, -0.25) is 4.90 Å². The standard InChI is InChI=1S/C16H28N2O2/c1-5-18(10-11-20-6-2)16(13(3)17)14-8-7-9-15(12-14)19-4/h7-9,12-13,16H,5-6,10-11,17H2,1-4H3. The summed E-state index contributed by atoms with van der Waals surface area (Å²) in [6.07, 6.45) is 0. The van der Waals surface area contributed by atoms with Gasteiger partial charge in [0, 0.05) is 25.2 Å². The monoisotopic (exact) mass is 280 g/mol. The summed E-state index contributed by atoms with van der Waals surface area (Å²) >= 11 is 0. The van der Waals surface area contributed by atoms with Gasteiger partial charge in [0.25, 0.3) is 0 Å². The maximum Gasteiger partial charge on any atom is 0.119 e. The average molecular weight is 280 g/mol. The van der Waals surface area contributed by atoms with E-state index >= 15 is 0 Å². The molecule has 0 aromatic heterocycles. The molecular formula is C16H28N2O2. The van der Waals surface area contributed by atoms with Gasteiger partial charge in [-0.2, -0.15) is 0 Å². The second-order valence-electron chi connectivity index (χ2n) is 4.91. The summed E-state index contributed by atoms with van der Waals surface area (Å²) in [5.74, 6) is 0.869. The first-order chi connectivity index (χ1) is 9.63. The average Bonchev–Trinajstić information content (AvgIpc) is 2.46. The van der Waals surface area contributed by atoms with Crippen molar-refractivity contribution in [1.29, 1.82) is 0 Å². The van der Waals surface area contributed by atoms with E-state index in [1.54, 1.807) is 7.11 Å². The molecule has 0 bridgehead atoms. The molecule has 0 amide bonds. The Morgan fingerprint density at radius 3 is 2.60 bits per heavy atom. The fraction of sp³-hybridized carbons (Fsp3) is 0.625. The predicted octanol–water partition coefficient (Wildman–Crippen LogP) is 2.44. The van der Waals surface area contributed by atoms with E-state index in [1.165, 1.54) is 5.56 Å². The van der Waals surface area contributed by atoms with Gasteiger partial charge in [-0.15, -0.1) is 0 Å². The molecule has 20 heavy (non-hydrogen) atoms. The molecule has 0 radical (unpaired) electrons. The van der Waals surface area contributed by atoms with Crippen LogP contribution in [0.25, 0.3) is 0 Å². The molecular weight excluding hydrogens is 252 g/mol. The lowest BCUT2D eigenvalue weighted by molar-refractivity contribution is 0.0909. The van der Waals surface area contributed by atoms with Gasteiger partial charge in [-0.1, -0.05) is 19.1 Å². The molecule has 0 fully saturated rings. The van der Waals surface area contributed by atoms with Gasteiger partial charge in [0.15, 0.2) is 0 Å². The molecule has 114 valence electrons. The number of hydrogen-bond donors (Lipinski definition) is 1. The molecule has 2 unspecified atom stereocenters. The van der Waals surface area contributed by atoms with Crippen LogP contribution in [0.4, 0.5) is 0 Å². The molecule has 0 aliphatic heterocycles. The number of likely N-dealkylation sites (N-methyl/N-ethyl adjacent to an activating group) is 1. The number of hydrogen-bond acceptors (Lipinski definition) is 4. The van der Waals surface area contributed by atoms with Crippen LogP contribution in [0, 0.1) is 0 Å². The Kier molecular flexibility index (Phi) is 7.59. The van der Waals surface area contributed by atoms with Gasteiger partial charge in [-0.05, 0) is 38.1 Å². The van der Waals surface area contributed by atoms with Crippen LogP contribution in [0.3, 0.4) is 0 Å². The summed E-state index contributed by atoms with van der Waals surface area (Å²) in [5, 5.41) is 0. The Morgan fingerprint density at radius 1 is 1.30 bits per heavy atom. The zero-order valence-corrected chi connectivity index (χ0v) is 13.1. The minimum Gasteiger partial charge on any atom is -0.497 e. The summed E-state index contributed by atoms with van der Waals surface area (Å²) in [7, 11) is 1.69. The van der Waals surface area contributed by atoms with Gasteiger partial charge in [-0.25, -0.2) is 0 Å². The molecule has 4 heteroatoms. The first-order valence-electron chi connectivity index (χ1n) is 7.35. The first kappa shape index (κ1) is 17.0. The van der Waals surface area contributed by atoms with Crippen LogP contribution in [0.1, 0.15) is 32.4 Å². The normalized spacial score (nSPS) is 14.3. The highest BCUT2D eigenvalue weighted by atomic mass is 16.5. The van der Waals surface area contributed by atoms with Crippen molar-refractivity contribution in [3.8, 4) is 5.75 Å². The fourth-order valence-corrected chi connectivity index (χ4v) is 2.49. The molecule has 4 nitrogen and oxygen atoms in total. The first-order valence-corrected chi connectivity index (χ1v) is 7.35. The van der Waals surface area contributed by atoms with Crippen molar-refractivity contribution in [2.75, 3.05) is 33.4 Å². The van der Waals surface area contributed by atoms with E-state index < -0.39 is 0 Å². The van der Waals surface area contributed by atoms with E-state index in [0.717, 1.165) is 32.1 Å². The molecule has 0 heterocycles. The molecule has 0 aliphatic rings. The Bertz CT molecular complexity index is 382. The van der Waals surface area contributed by atoms with Crippen LogP contribution in [0.5, 0.6) is 5.75 Å².